The highest BCUT2D eigenvalue weighted by atomic mass is 35.5. The van der Waals surface area contributed by atoms with E-state index < -0.39 is 11.6 Å². The highest BCUT2D eigenvalue weighted by Gasteiger charge is 2.08. The Morgan fingerprint density at radius 1 is 1.15 bits per heavy atom. The maximum atomic E-state index is 13.8. The van der Waals surface area contributed by atoms with Crippen LogP contribution in [0.5, 0.6) is 5.75 Å². The topological polar surface area (TPSA) is 35.2 Å². The Morgan fingerprint density at radius 3 is 2.50 bits per heavy atom. The van der Waals surface area contributed by atoms with Crippen molar-refractivity contribution in [3.8, 4) is 5.75 Å². The summed E-state index contributed by atoms with van der Waals surface area (Å²) in [6.07, 6.45) is 0. The third kappa shape index (κ3) is 3.46. The van der Waals surface area contributed by atoms with Crippen LogP contribution in [-0.2, 0) is 6.61 Å². The van der Waals surface area contributed by atoms with Crippen LogP contribution >= 0.6 is 11.6 Å². The zero-order valence-electron chi connectivity index (χ0n) is 10.9. The van der Waals surface area contributed by atoms with E-state index in [-0.39, 0.29) is 23.4 Å². The first-order chi connectivity index (χ1) is 9.47. The molecule has 2 nitrogen and oxygen atoms in total. The monoisotopic (exact) mass is 297 g/mol. The number of hydrogen-bond donors (Lipinski definition) is 1. The van der Waals surface area contributed by atoms with E-state index in [0.717, 1.165) is 0 Å². The van der Waals surface area contributed by atoms with Crippen molar-refractivity contribution < 1.29 is 13.5 Å². The molecular weight excluding hydrogens is 284 g/mol. The molecule has 5 heteroatoms. The second kappa shape index (κ2) is 6.20. The molecule has 0 bridgehead atoms. The molecule has 0 amide bonds. The summed E-state index contributed by atoms with van der Waals surface area (Å²) in [5, 5.41) is 0.0128. The van der Waals surface area contributed by atoms with Crippen LogP contribution in [0.15, 0.2) is 36.4 Å². The first-order valence-corrected chi connectivity index (χ1v) is 6.47. The molecule has 1 atom stereocenters. The lowest BCUT2D eigenvalue weighted by Crippen LogP contribution is -2.06. The van der Waals surface area contributed by atoms with E-state index >= 15 is 0 Å². The minimum atomic E-state index is -0.497. The van der Waals surface area contributed by atoms with Crippen LogP contribution in [0, 0.1) is 11.6 Å². The summed E-state index contributed by atoms with van der Waals surface area (Å²) in [4.78, 5) is 0. The highest BCUT2D eigenvalue weighted by molar-refractivity contribution is 6.30. The third-order valence-corrected chi connectivity index (χ3v) is 3.15. The van der Waals surface area contributed by atoms with Crippen molar-refractivity contribution in [2.75, 3.05) is 0 Å². The third-order valence-electron chi connectivity index (χ3n) is 2.86. The van der Waals surface area contributed by atoms with Gasteiger partial charge in [0, 0.05) is 6.04 Å². The quantitative estimate of drug-likeness (QED) is 0.917. The van der Waals surface area contributed by atoms with Crippen LogP contribution in [0.2, 0.25) is 5.02 Å². The summed E-state index contributed by atoms with van der Waals surface area (Å²) in [5.41, 5.74) is 7.02. The van der Waals surface area contributed by atoms with Crippen molar-refractivity contribution in [2.24, 2.45) is 5.73 Å². The predicted molar refractivity (Wildman–Crippen MR) is 74.7 cm³/mol. The Morgan fingerprint density at radius 2 is 1.90 bits per heavy atom. The van der Waals surface area contributed by atoms with Crippen LogP contribution in [0.3, 0.4) is 0 Å². The molecule has 0 saturated carbocycles. The fraction of sp³-hybridized carbons (Fsp3) is 0.200. The zero-order valence-corrected chi connectivity index (χ0v) is 11.6. The molecule has 0 aliphatic heterocycles. The standard InChI is InChI=1S/C15H14ClF2NO/c1-9(19)11-3-5-15(14(18)7-11)20-8-10-2-4-13(17)12(16)6-10/h2-7,9H,8,19H2,1H3/t9-/m0/s1. The molecular formula is C15H14ClF2NO. The number of hydrogen-bond acceptors (Lipinski definition) is 2. The second-order valence-corrected chi connectivity index (χ2v) is 4.92. The van der Waals surface area contributed by atoms with Crippen LogP contribution in [0.1, 0.15) is 24.1 Å². The van der Waals surface area contributed by atoms with E-state index in [9.17, 15) is 8.78 Å². The van der Waals surface area contributed by atoms with Gasteiger partial charge >= 0.3 is 0 Å². The summed E-state index contributed by atoms with van der Waals surface area (Å²) in [7, 11) is 0. The van der Waals surface area contributed by atoms with Crippen LogP contribution in [-0.4, -0.2) is 0 Å². The Labute approximate surface area is 121 Å². The highest BCUT2D eigenvalue weighted by Crippen LogP contribution is 2.23. The summed E-state index contributed by atoms with van der Waals surface area (Å²) < 4.78 is 32.1. The lowest BCUT2D eigenvalue weighted by Gasteiger charge is -2.10. The Hall–Kier alpha value is -1.65. The minimum Gasteiger partial charge on any atom is -0.486 e. The summed E-state index contributed by atoms with van der Waals surface area (Å²) >= 11 is 5.66. The first-order valence-electron chi connectivity index (χ1n) is 6.09. The number of rotatable bonds is 4. The molecule has 2 aromatic rings. The molecule has 2 N–H and O–H groups in total. The van der Waals surface area contributed by atoms with Gasteiger partial charge in [0.1, 0.15) is 12.4 Å². The van der Waals surface area contributed by atoms with Gasteiger partial charge in [-0.2, -0.15) is 0 Å². The lowest BCUT2D eigenvalue weighted by molar-refractivity contribution is 0.290. The molecule has 2 aromatic carbocycles. The van der Waals surface area contributed by atoms with Crippen LogP contribution in [0.4, 0.5) is 8.78 Å². The van der Waals surface area contributed by atoms with Gasteiger partial charge in [-0.05, 0) is 42.3 Å². The zero-order chi connectivity index (χ0) is 14.7. The molecule has 0 heterocycles. The molecule has 20 heavy (non-hydrogen) atoms. The van der Waals surface area contributed by atoms with Gasteiger partial charge in [0.2, 0.25) is 0 Å². The Balaban J connectivity index is 2.09. The SMILES string of the molecule is C[C@H](N)c1ccc(OCc2ccc(F)c(Cl)c2)c(F)c1. The van der Waals surface area contributed by atoms with Crippen LogP contribution in [0.25, 0.3) is 0 Å². The summed E-state index contributed by atoms with van der Waals surface area (Å²) in [6, 6.07) is 8.57. The van der Waals surface area contributed by atoms with Gasteiger partial charge in [-0.15, -0.1) is 0 Å². The fourth-order valence-corrected chi connectivity index (χ4v) is 1.91. The fourth-order valence-electron chi connectivity index (χ4n) is 1.71. The Kier molecular flexibility index (Phi) is 4.57. The van der Waals surface area contributed by atoms with Crippen molar-refractivity contribution >= 4 is 11.6 Å². The van der Waals surface area contributed by atoms with Crippen molar-refractivity contribution in [1.29, 1.82) is 0 Å². The smallest absolute Gasteiger partial charge is 0.165 e. The molecule has 0 fully saturated rings. The number of benzene rings is 2. The van der Waals surface area contributed by atoms with E-state index in [4.69, 9.17) is 22.1 Å². The van der Waals surface area contributed by atoms with Crippen molar-refractivity contribution in [3.05, 3.63) is 64.2 Å². The average Bonchev–Trinajstić information content (AvgIpc) is 2.41. The molecule has 2 rings (SSSR count). The predicted octanol–water partition coefficient (Wildman–Crippen LogP) is 4.22. The van der Waals surface area contributed by atoms with Crippen molar-refractivity contribution in [3.63, 3.8) is 0 Å². The van der Waals surface area contributed by atoms with E-state index in [1.165, 1.54) is 30.3 Å². The molecule has 0 aliphatic carbocycles. The van der Waals surface area contributed by atoms with Gasteiger partial charge in [-0.1, -0.05) is 23.7 Å². The normalized spacial score (nSPS) is 12.2. The van der Waals surface area contributed by atoms with Crippen LogP contribution < -0.4 is 10.5 Å². The second-order valence-electron chi connectivity index (χ2n) is 4.52. The molecule has 0 radical (unpaired) electrons. The summed E-state index contributed by atoms with van der Waals surface area (Å²) in [5.74, 6) is -0.856. The first kappa shape index (κ1) is 14.8. The molecule has 0 spiro atoms. The maximum absolute atomic E-state index is 13.8. The Bertz CT molecular complexity index is 617. The van der Waals surface area contributed by atoms with Crippen molar-refractivity contribution in [2.45, 2.75) is 19.6 Å². The van der Waals surface area contributed by atoms with Crippen molar-refractivity contribution in [1.82, 2.24) is 0 Å². The van der Waals surface area contributed by atoms with Gasteiger partial charge in [-0.3, -0.25) is 0 Å². The molecule has 0 aliphatic rings. The van der Waals surface area contributed by atoms with Gasteiger partial charge in [-0.25, -0.2) is 8.78 Å². The number of ether oxygens (including phenoxy) is 1. The largest absolute Gasteiger partial charge is 0.486 e. The number of halogens is 3. The number of nitrogens with two attached hydrogens (primary N) is 1. The molecule has 106 valence electrons. The summed E-state index contributed by atoms with van der Waals surface area (Å²) in [6.45, 7) is 1.88. The lowest BCUT2D eigenvalue weighted by atomic mass is 10.1. The van der Waals surface area contributed by atoms with Gasteiger partial charge < -0.3 is 10.5 Å². The van der Waals surface area contributed by atoms with Gasteiger partial charge in [0.05, 0.1) is 5.02 Å². The average molecular weight is 298 g/mol. The molecule has 0 unspecified atom stereocenters. The molecule has 0 saturated heterocycles. The van der Waals surface area contributed by atoms with E-state index in [1.54, 1.807) is 13.0 Å². The van der Waals surface area contributed by atoms with Gasteiger partial charge in [0.25, 0.3) is 0 Å². The van der Waals surface area contributed by atoms with E-state index in [0.29, 0.717) is 11.1 Å². The van der Waals surface area contributed by atoms with Gasteiger partial charge in [0.15, 0.2) is 11.6 Å². The van der Waals surface area contributed by atoms with E-state index in [1.807, 2.05) is 0 Å². The van der Waals surface area contributed by atoms with E-state index in [2.05, 4.69) is 0 Å². The minimum absolute atomic E-state index is 0.0128. The maximum Gasteiger partial charge on any atom is 0.165 e. The molecule has 0 aromatic heterocycles.